The zero-order valence-corrected chi connectivity index (χ0v) is 12.9. The molecule has 3 nitrogen and oxygen atoms in total. The standard InChI is InChI=1S/C17H25FN2O/c1-12(21)13-5-6-17(15(18)10-13)20-9-7-16-14(11-20)4-3-8-19(16)2/h5-6,10,12,14,16,21H,3-4,7-9,11H2,1-2H3/t12-,14?,16?/m0/s1. The largest absolute Gasteiger partial charge is 0.389 e. The topological polar surface area (TPSA) is 26.7 Å². The zero-order chi connectivity index (χ0) is 15.0. The molecule has 3 rings (SSSR count). The molecule has 4 heteroatoms. The molecule has 0 radical (unpaired) electrons. The predicted octanol–water partition coefficient (Wildman–Crippen LogP) is 2.80. The van der Waals surface area contributed by atoms with Crippen LogP contribution in [-0.4, -0.2) is 42.7 Å². The summed E-state index contributed by atoms with van der Waals surface area (Å²) < 4.78 is 14.3. The van der Waals surface area contributed by atoms with Gasteiger partial charge in [0.05, 0.1) is 11.8 Å². The Morgan fingerprint density at radius 1 is 1.29 bits per heavy atom. The molecule has 2 aliphatic heterocycles. The molecule has 116 valence electrons. The average molecular weight is 292 g/mol. The van der Waals surface area contributed by atoms with Crippen molar-refractivity contribution in [2.45, 2.75) is 38.3 Å². The van der Waals surface area contributed by atoms with E-state index < -0.39 is 6.10 Å². The van der Waals surface area contributed by atoms with Crippen molar-refractivity contribution in [1.29, 1.82) is 0 Å². The minimum absolute atomic E-state index is 0.212. The van der Waals surface area contributed by atoms with Gasteiger partial charge in [0.15, 0.2) is 0 Å². The summed E-state index contributed by atoms with van der Waals surface area (Å²) in [5.74, 6) is 0.435. The summed E-state index contributed by atoms with van der Waals surface area (Å²) in [5, 5.41) is 9.55. The van der Waals surface area contributed by atoms with Crippen molar-refractivity contribution < 1.29 is 9.50 Å². The Hall–Kier alpha value is -1.13. The number of likely N-dealkylation sites (tertiary alicyclic amines) is 1. The van der Waals surface area contributed by atoms with E-state index >= 15 is 0 Å². The van der Waals surface area contributed by atoms with Crippen molar-refractivity contribution in [2.75, 3.05) is 31.6 Å². The molecule has 0 bridgehead atoms. The van der Waals surface area contributed by atoms with E-state index in [0.717, 1.165) is 19.5 Å². The Balaban J connectivity index is 1.76. The fraction of sp³-hybridized carbons (Fsp3) is 0.647. The van der Waals surface area contributed by atoms with Crippen molar-refractivity contribution >= 4 is 5.69 Å². The van der Waals surface area contributed by atoms with E-state index in [-0.39, 0.29) is 5.82 Å². The smallest absolute Gasteiger partial charge is 0.146 e. The van der Waals surface area contributed by atoms with Gasteiger partial charge in [-0.25, -0.2) is 4.39 Å². The molecule has 2 heterocycles. The molecule has 0 amide bonds. The number of hydrogen-bond donors (Lipinski definition) is 1. The van der Waals surface area contributed by atoms with Gasteiger partial charge >= 0.3 is 0 Å². The number of nitrogens with zero attached hydrogens (tertiary/aromatic N) is 2. The highest BCUT2D eigenvalue weighted by atomic mass is 19.1. The van der Waals surface area contributed by atoms with Crippen molar-refractivity contribution in [3.05, 3.63) is 29.6 Å². The average Bonchev–Trinajstić information content (AvgIpc) is 2.47. The van der Waals surface area contributed by atoms with Gasteiger partial charge < -0.3 is 14.9 Å². The third-order valence-electron chi connectivity index (χ3n) is 5.14. The Morgan fingerprint density at radius 3 is 2.81 bits per heavy atom. The third-order valence-corrected chi connectivity index (χ3v) is 5.14. The van der Waals surface area contributed by atoms with E-state index in [1.165, 1.54) is 25.5 Å². The van der Waals surface area contributed by atoms with Gasteiger partial charge in [0.2, 0.25) is 0 Å². The van der Waals surface area contributed by atoms with Crippen molar-refractivity contribution in [3.8, 4) is 0 Å². The van der Waals surface area contributed by atoms with Gasteiger partial charge in [0.25, 0.3) is 0 Å². The molecule has 0 aromatic heterocycles. The Kier molecular flexibility index (Phi) is 4.18. The molecule has 0 saturated carbocycles. The van der Waals surface area contributed by atoms with E-state index in [1.54, 1.807) is 6.92 Å². The number of rotatable bonds is 2. The first-order valence-corrected chi connectivity index (χ1v) is 7.99. The number of anilines is 1. The van der Waals surface area contributed by atoms with Crippen molar-refractivity contribution in [2.24, 2.45) is 5.92 Å². The van der Waals surface area contributed by atoms with E-state index in [4.69, 9.17) is 0 Å². The normalized spacial score (nSPS) is 28.3. The Labute approximate surface area is 126 Å². The van der Waals surface area contributed by atoms with Gasteiger partial charge in [-0.1, -0.05) is 6.07 Å². The Bertz CT molecular complexity index is 506. The number of aliphatic hydroxyl groups excluding tert-OH is 1. The first-order valence-electron chi connectivity index (χ1n) is 7.99. The molecular weight excluding hydrogens is 267 g/mol. The minimum Gasteiger partial charge on any atom is -0.389 e. The molecule has 0 aliphatic carbocycles. The second-order valence-electron chi connectivity index (χ2n) is 6.57. The lowest BCUT2D eigenvalue weighted by molar-refractivity contribution is 0.102. The van der Waals surface area contributed by atoms with Crippen LogP contribution in [-0.2, 0) is 0 Å². The van der Waals surface area contributed by atoms with Crippen LogP contribution >= 0.6 is 0 Å². The highest BCUT2D eigenvalue weighted by Gasteiger charge is 2.34. The quantitative estimate of drug-likeness (QED) is 0.908. The number of aliphatic hydroxyl groups is 1. The highest BCUT2D eigenvalue weighted by molar-refractivity contribution is 5.50. The molecule has 0 spiro atoms. The van der Waals surface area contributed by atoms with Crippen LogP contribution in [0.1, 0.15) is 37.9 Å². The van der Waals surface area contributed by atoms with Crippen molar-refractivity contribution in [3.63, 3.8) is 0 Å². The van der Waals surface area contributed by atoms with E-state index in [0.29, 0.717) is 23.2 Å². The molecule has 2 saturated heterocycles. The maximum atomic E-state index is 14.3. The van der Waals surface area contributed by atoms with E-state index in [9.17, 15) is 9.50 Å². The van der Waals surface area contributed by atoms with Gasteiger partial charge in [-0.3, -0.25) is 0 Å². The number of hydrogen-bond acceptors (Lipinski definition) is 3. The molecular formula is C17H25FN2O. The number of fused-ring (bicyclic) bond motifs is 1. The molecule has 1 aromatic carbocycles. The van der Waals surface area contributed by atoms with Crippen LogP contribution < -0.4 is 4.90 Å². The van der Waals surface area contributed by atoms with Gasteiger partial charge in [-0.05, 0) is 63.4 Å². The summed E-state index contributed by atoms with van der Waals surface area (Å²) >= 11 is 0. The Morgan fingerprint density at radius 2 is 2.10 bits per heavy atom. The van der Waals surface area contributed by atoms with Crippen LogP contribution in [0.25, 0.3) is 0 Å². The number of halogens is 1. The fourth-order valence-corrected chi connectivity index (χ4v) is 3.91. The lowest BCUT2D eigenvalue weighted by Gasteiger charge is -2.46. The van der Waals surface area contributed by atoms with Crippen LogP contribution in [0.3, 0.4) is 0 Å². The molecule has 1 N–H and O–H groups in total. The van der Waals surface area contributed by atoms with Gasteiger partial charge in [0, 0.05) is 19.1 Å². The molecule has 2 unspecified atom stereocenters. The predicted molar refractivity (Wildman–Crippen MR) is 83.0 cm³/mol. The van der Waals surface area contributed by atoms with Crippen LogP contribution in [0.15, 0.2) is 18.2 Å². The lowest BCUT2D eigenvalue weighted by atomic mass is 9.84. The number of piperidine rings is 2. The van der Waals surface area contributed by atoms with Gasteiger partial charge in [-0.15, -0.1) is 0 Å². The lowest BCUT2D eigenvalue weighted by Crippen LogP contribution is -2.52. The summed E-state index contributed by atoms with van der Waals surface area (Å²) in [6.07, 6.45) is 2.98. The summed E-state index contributed by atoms with van der Waals surface area (Å²) in [6, 6.07) is 5.79. The monoisotopic (exact) mass is 292 g/mol. The van der Waals surface area contributed by atoms with Crippen molar-refractivity contribution in [1.82, 2.24) is 4.90 Å². The fourth-order valence-electron chi connectivity index (χ4n) is 3.91. The maximum Gasteiger partial charge on any atom is 0.146 e. The molecule has 1 aromatic rings. The summed E-state index contributed by atoms with van der Waals surface area (Å²) in [7, 11) is 2.21. The second-order valence-corrected chi connectivity index (χ2v) is 6.57. The number of benzene rings is 1. The van der Waals surface area contributed by atoms with Crippen LogP contribution in [0.5, 0.6) is 0 Å². The molecule has 3 atom stereocenters. The second kappa shape index (κ2) is 5.93. The van der Waals surface area contributed by atoms with Gasteiger partial charge in [-0.2, -0.15) is 0 Å². The maximum absolute atomic E-state index is 14.3. The van der Waals surface area contributed by atoms with E-state index in [1.807, 2.05) is 12.1 Å². The molecule has 2 aliphatic rings. The van der Waals surface area contributed by atoms with Gasteiger partial charge in [0.1, 0.15) is 5.82 Å². The summed E-state index contributed by atoms with van der Waals surface area (Å²) in [4.78, 5) is 4.65. The third kappa shape index (κ3) is 2.92. The van der Waals surface area contributed by atoms with Crippen LogP contribution in [0.2, 0.25) is 0 Å². The first-order chi connectivity index (χ1) is 10.1. The molecule has 2 fully saturated rings. The van der Waals surface area contributed by atoms with E-state index in [2.05, 4.69) is 16.8 Å². The zero-order valence-electron chi connectivity index (χ0n) is 12.9. The summed E-state index contributed by atoms with van der Waals surface area (Å²) in [6.45, 7) is 4.72. The SMILES string of the molecule is C[C@H](O)c1ccc(N2CCC3C(CCCN3C)C2)c(F)c1. The van der Waals surface area contributed by atoms with Crippen LogP contribution in [0, 0.1) is 11.7 Å². The molecule has 21 heavy (non-hydrogen) atoms. The van der Waals surface area contributed by atoms with Crippen LogP contribution in [0.4, 0.5) is 10.1 Å². The highest BCUT2D eigenvalue weighted by Crippen LogP contribution is 2.33. The summed E-state index contributed by atoms with van der Waals surface area (Å²) in [5.41, 5.74) is 1.33. The first kappa shape index (κ1) is 14.8. The minimum atomic E-state index is -0.619.